The highest BCUT2D eigenvalue weighted by Crippen LogP contribution is 2.34. The third kappa shape index (κ3) is 3.02. The van der Waals surface area contributed by atoms with Gasteiger partial charge >= 0.3 is 6.36 Å². The third-order valence-corrected chi connectivity index (χ3v) is 4.53. The first kappa shape index (κ1) is 16.6. The van der Waals surface area contributed by atoms with E-state index in [0.717, 1.165) is 19.3 Å². The van der Waals surface area contributed by atoms with E-state index in [2.05, 4.69) is 14.7 Å². The van der Waals surface area contributed by atoms with Crippen LogP contribution in [0, 0.1) is 0 Å². The Bertz CT molecular complexity index is 1010. The van der Waals surface area contributed by atoms with E-state index in [1.807, 2.05) is 0 Å². The van der Waals surface area contributed by atoms with Gasteiger partial charge in [0.25, 0.3) is 5.56 Å². The van der Waals surface area contributed by atoms with Gasteiger partial charge in [-0.3, -0.25) is 9.78 Å². The highest BCUT2D eigenvalue weighted by molar-refractivity contribution is 5.90. The lowest BCUT2D eigenvalue weighted by molar-refractivity contribution is -0.274. The molecule has 8 heteroatoms. The van der Waals surface area contributed by atoms with Gasteiger partial charge in [-0.1, -0.05) is 12.1 Å². The quantitative estimate of drug-likeness (QED) is 0.705. The van der Waals surface area contributed by atoms with Crippen molar-refractivity contribution in [1.29, 1.82) is 0 Å². The minimum absolute atomic E-state index is 0.125. The summed E-state index contributed by atoms with van der Waals surface area (Å²) in [5.74, 6) is -0.302. The van der Waals surface area contributed by atoms with E-state index in [9.17, 15) is 18.0 Å². The second kappa shape index (κ2) is 6.12. The zero-order chi connectivity index (χ0) is 18.3. The summed E-state index contributed by atoms with van der Waals surface area (Å²) in [6, 6.07) is 5.63. The largest absolute Gasteiger partial charge is 0.573 e. The van der Waals surface area contributed by atoms with Crippen LogP contribution < -0.4 is 10.3 Å². The van der Waals surface area contributed by atoms with Crippen molar-refractivity contribution < 1.29 is 17.9 Å². The number of rotatable bonds is 3. The van der Waals surface area contributed by atoms with Crippen molar-refractivity contribution in [3.05, 3.63) is 53.2 Å². The van der Waals surface area contributed by atoms with E-state index in [1.165, 1.54) is 36.7 Å². The molecule has 134 valence electrons. The molecule has 0 radical (unpaired) electrons. The number of nitrogens with zero attached hydrogens (tertiary/aromatic N) is 3. The number of aromatic nitrogens is 3. The van der Waals surface area contributed by atoms with Gasteiger partial charge in [0.2, 0.25) is 0 Å². The van der Waals surface area contributed by atoms with Gasteiger partial charge in [-0.2, -0.15) is 0 Å². The number of alkyl halides is 3. The zero-order valence-corrected chi connectivity index (χ0v) is 13.5. The topological polar surface area (TPSA) is 57.0 Å². The minimum Gasteiger partial charge on any atom is -0.406 e. The van der Waals surface area contributed by atoms with Gasteiger partial charge in [-0.05, 0) is 37.0 Å². The molecular formula is C18H14F3N3O2. The molecule has 2 aromatic heterocycles. The highest BCUT2D eigenvalue weighted by Gasteiger charge is 2.31. The maximum atomic E-state index is 12.7. The molecular weight excluding hydrogens is 347 g/mol. The van der Waals surface area contributed by atoms with Crippen molar-refractivity contribution >= 4 is 11.0 Å². The first-order valence-electron chi connectivity index (χ1n) is 8.14. The molecule has 0 atom stereocenters. The molecule has 4 rings (SSSR count). The summed E-state index contributed by atoms with van der Waals surface area (Å²) >= 11 is 0. The zero-order valence-electron chi connectivity index (χ0n) is 13.5. The number of halogens is 3. The second-order valence-corrected chi connectivity index (χ2v) is 6.17. The first-order chi connectivity index (χ1) is 12.4. The standard InChI is InChI=1S/C18H14F3N3O2/c19-18(20,21)26-13-6-4-11(5-7-13)14-10-24(12-2-1-3-12)17(25)16-15(14)22-8-9-23-16/h4-10,12H,1-3H2. The molecule has 0 N–H and O–H groups in total. The Hall–Kier alpha value is -2.90. The maximum absolute atomic E-state index is 12.7. The molecule has 0 unspecified atom stereocenters. The van der Waals surface area contributed by atoms with Crippen molar-refractivity contribution in [3.63, 3.8) is 0 Å². The van der Waals surface area contributed by atoms with E-state index in [-0.39, 0.29) is 22.9 Å². The van der Waals surface area contributed by atoms with E-state index >= 15 is 0 Å². The van der Waals surface area contributed by atoms with Crippen molar-refractivity contribution in [2.24, 2.45) is 0 Å². The monoisotopic (exact) mass is 361 g/mol. The predicted octanol–water partition coefficient (Wildman–Crippen LogP) is 4.08. The van der Waals surface area contributed by atoms with Gasteiger partial charge < -0.3 is 9.30 Å². The molecule has 1 saturated carbocycles. The summed E-state index contributed by atoms with van der Waals surface area (Å²) in [6.45, 7) is 0. The molecule has 1 aliphatic rings. The molecule has 1 aromatic carbocycles. The summed E-state index contributed by atoms with van der Waals surface area (Å²) in [6.07, 6.45) is 2.83. The Kier molecular flexibility index (Phi) is 3.90. The van der Waals surface area contributed by atoms with E-state index in [4.69, 9.17) is 0 Å². The molecule has 1 fully saturated rings. The normalized spacial score (nSPS) is 15.0. The smallest absolute Gasteiger partial charge is 0.406 e. The van der Waals surface area contributed by atoms with Gasteiger partial charge in [0.15, 0.2) is 5.52 Å². The van der Waals surface area contributed by atoms with Crippen molar-refractivity contribution in [2.75, 3.05) is 0 Å². The van der Waals surface area contributed by atoms with E-state index in [0.29, 0.717) is 16.6 Å². The van der Waals surface area contributed by atoms with Crippen LogP contribution in [0.25, 0.3) is 22.2 Å². The molecule has 0 bridgehead atoms. The Balaban J connectivity index is 1.83. The summed E-state index contributed by atoms with van der Waals surface area (Å²) < 4.78 is 42.5. The summed E-state index contributed by atoms with van der Waals surface area (Å²) in [4.78, 5) is 21.1. The summed E-state index contributed by atoms with van der Waals surface area (Å²) in [5.41, 5.74) is 1.78. The average Bonchev–Trinajstić information content (AvgIpc) is 2.55. The Morgan fingerprint density at radius 3 is 2.27 bits per heavy atom. The van der Waals surface area contributed by atoms with Gasteiger partial charge in [0.1, 0.15) is 11.3 Å². The van der Waals surface area contributed by atoms with Crippen molar-refractivity contribution in [2.45, 2.75) is 31.7 Å². The number of fused-ring (bicyclic) bond motifs is 1. The minimum atomic E-state index is -4.74. The maximum Gasteiger partial charge on any atom is 0.573 e. The highest BCUT2D eigenvalue weighted by atomic mass is 19.4. The number of ether oxygens (including phenoxy) is 1. The molecule has 26 heavy (non-hydrogen) atoms. The molecule has 1 aliphatic carbocycles. The third-order valence-electron chi connectivity index (χ3n) is 4.53. The fraction of sp³-hybridized carbons (Fsp3) is 0.278. The molecule has 5 nitrogen and oxygen atoms in total. The van der Waals surface area contributed by atoms with E-state index < -0.39 is 6.36 Å². The number of pyridine rings is 1. The van der Waals surface area contributed by atoms with Crippen LogP contribution in [0.5, 0.6) is 5.75 Å². The van der Waals surface area contributed by atoms with E-state index in [1.54, 1.807) is 10.8 Å². The Morgan fingerprint density at radius 2 is 1.69 bits per heavy atom. The average molecular weight is 361 g/mol. The Labute approximate surface area is 146 Å². The number of hydrogen-bond donors (Lipinski definition) is 0. The molecule has 0 amide bonds. The molecule has 0 aliphatic heterocycles. The van der Waals surface area contributed by atoms with Crippen LogP contribution in [0.1, 0.15) is 25.3 Å². The van der Waals surface area contributed by atoms with Crippen LogP contribution >= 0.6 is 0 Å². The fourth-order valence-electron chi connectivity index (χ4n) is 3.06. The van der Waals surface area contributed by atoms with Gasteiger partial charge in [0.05, 0.1) is 0 Å². The molecule has 2 heterocycles. The van der Waals surface area contributed by atoms with Crippen molar-refractivity contribution in [3.8, 4) is 16.9 Å². The fourth-order valence-corrected chi connectivity index (χ4v) is 3.06. The van der Waals surface area contributed by atoms with Crippen molar-refractivity contribution in [1.82, 2.24) is 14.5 Å². The lowest BCUT2D eigenvalue weighted by Crippen LogP contribution is -2.29. The van der Waals surface area contributed by atoms with Crippen LogP contribution in [-0.4, -0.2) is 20.9 Å². The second-order valence-electron chi connectivity index (χ2n) is 6.17. The molecule has 3 aromatic rings. The predicted molar refractivity (Wildman–Crippen MR) is 88.8 cm³/mol. The Morgan fingerprint density at radius 1 is 1.04 bits per heavy atom. The van der Waals surface area contributed by atoms with Crippen LogP contribution in [0.4, 0.5) is 13.2 Å². The lowest BCUT2D eigenvalue weighted by atomic mass is 9.92. The SMILES string of the molecule is O=c1c2nccnc2c(-c2ccc(OC(F)(F)F)cc2)cn1C1CCC1. The number of hydrogen-bond acceptors (Lipinski definition) is 4. The number of benzene rings is 1. The van der Waals surface area contributed by atoms with Gasteiger partial charge in [-0.15, -0.1) is 13.2 Å². The molecule has 0 spiro atoms. The van der Waals surface area contributed by atoms with Gasteiger partial charge in [0, 0.05) is 30.2 Å². The van der Waals surface area contributed by atoms with Crippen LogP contribution in [0.3, 0.4) is 0 Å². The summed E-state index contributed by atoms with van der Waals surface area (Å²) in [7, 11) is 0. The van der Waals surface area contributed by atoms with Crippen LogP contribution in [-0.2, 0) is 0 Å². The van der Waals surface area contributed by atoms with Gasteiger partial charge in [-0.25, -0.2) is 4.98 Å². The van der Waals surface area contributed by atoms with Crippen LogP contribution in [0.15, 0.2) is 47.7 Å². The lowest BCUT2D eigenvalue weighted by Gasteiger charge is -2.28. The summed E-state index contributed by atoms with van der Waals surface area (Å²) in [5, 5.41) is 0. The molecule has 0 saturated heterocycles. The van der Waals surface area contributed by atoms with Crippen LogP contribution in [0.2, 0.25) is 0 Å². The first-order valence-corrected chi connectivity index (χ1v) is 8.14.